The largest absolute Gasteiger partial charge is 0.269 e. The molecule has 0 aliphatic carbocycles. The van der Waals surface area contributed by atoms with Gasteiger partial charge in [0.25, 0.3) is 0 Å². The van der Waals surface area contributed by atoms with Crippen LogP contribution < -0.4 is 0 Å². The Kier molecular flexibility index (Phi) is 5.50. The fourth-order valence-corrected chi connectivity index (χ4v) is 4.05. The van der Waals surface area contributed by atoms with Crippen molar-refractivity contribution in [3.63, 3.8) is 0 Å². The molecule has 0 saturated heterocycles. The van der Waals surface area contributed by atoms with Gasteiger partial charge >= 0.3 is 0 Å². The van der Waals surface area contributed by atoms with E-state index >= 15 is 0 Å². The smallest absolute Gasteiger partial charge is 0.119 e. The lowest BCUT2D eigenvalue weighted by molar-refractivity contribution is 0.589. The van der Waals surface area contributed by atoms with E-state index in [0.717, 1.165) is 56.7 Å². The summed E-state index contributed by atoms with van der Waals surface area (Å²) in [6, 6.07) is 14.5. The molecule has 0 spiro atoms. The maximum Gasteiger partial charge on any atom is 0.119 e. The summed E-state index contributed by atoms with van der Waals surface area (Å²) in [6.45, 7) is 9.59. The lowest BCUT2D eigenvalue weighted by Gasteiger charge is -2.13. The van der Waals surface area contributed by atoms with Crippen LogP contribution in [0.15, 0.2) is 53.1 Å². The highest BCUT2D eigenvalue weighted by atomic mass is 79.9. The van der Waals surface area contributed by atoms with E-state index in [2.05, 4.69) is 77.6 Å². The van der Waals surface area contributed by atoms with Crippen LogP contribution in [-0.4, -0.2) is 19.7 Å². The maximum absolute atomic E-state index is 4.97. The highest BCUT2D eigenvalue weighted by Gasteiger charge is 2.22. The van der Waals surface area contributed by atoms with Crippen LogP contribution in [0.4, 0.5) is 0 Å². The summed E-state index contributed by atoms with van der Waals surface area (Å²) in [5.41, 5.74) is 7.39. The molecule has 0 amide bonds. The van der Waals surface area contributed by atoms with Gasteiger partial charge in [-0.25, -0.2) is 0 Å². The van der Waals surface area contributed by atoms with Crippen LogP contribution in [0.2, 0.25) is 0 Å². The number of halogens is 1. The second-order valence-corrected chi connectivity index (χ2v) is 8.57. The molecular weight excluding hydrogens is 424 g/mol. The maximum atomic E-state index is 4.97. The lowest BCUT2D eigenvalue weighted by Crippen LogP contribution is -2.01. The Hall–Kier alpha value is -2.53. The van der Waals surface area contributed by atoms with Crippen LogP contribution in [0.25, 0.3) is 33.4 Å². The Bertz CT molecular complexity index is 1160. The van der Waals surface area contributed by atoms with Crippen LogP contribution in [-0.2, 0) is 6.54 Å². The minimum Gasteiger partial charge on any atom is -0.269 e. The summed E-state index contributed by atoms with van der Waals surface area (Å²) in [6.07, 6.45) is 2.86. The van der Waals surface area contributed by atoms with Gasteiger partial charge in [-0.3, -0.25) is 14.6 Å². The van der Waals surface area contributed by atoms with E-state index in [4.69, 9.17) is 10.1 Å². The molecule has 0 saturated carbocycles. The van der Waals surface area contributed by atoms with E-state index in [-0.39, 0.29) is 0 Å². The summed E-state index contributed by atoms with van der Waals surface area (Å²) in [5, 5.41) is 6.10. The van der Waals surface area contributed by atoms with E-state index < -0.39 is 0 Å². The van der Waals surface area contributed by atoms with E-state index in [1.54, 1.807) is 0 Å². The normalized spacial score (nSPS) is 11.5. The predicted molar refractivity (Wildman–Crippen MR) is 123 cm³/mol. The molecule has 3 aromatic heterocycles. The number of rotatable bonds is 5. The average molecular weight is 449 g/mol. The summed E-state index contributed by atoms with van der Waals surface area (Å²) < 4.78 is 3.15. The van der Waals surface area contributed by atoms with Gasteiger partial charge in [0.05, 0.1) is 11.2 Å². The number of aromatic nitrogens is 4. The second kappa shape index (κ2) is 8.07. The Labute approximate surface area is 180 Å². The van der Waals surface area contributed by atoms with Crippen molar-refractivity contribution >= 4 is 26.8 Å². The first-order valence-electron chi connectivity index (χ1n) is 10.1. The van der Waals surface area contributed by atoms with Gasteiger partial charge in [0, 0.05) is 39.6 Å². The van der Waals surface area contributed by atoms with Gasteiger partial charge in [0.1, 0.15) is 5.69 Å². The van der Waals surface area contributed by atoms with E-state index in [9.17, 15) is 0 Å². The fraction of sp³-hybridized carbons (Fsp3) is 0.292. The van der Waals surface area contributed by atoms with Gasteiger partial charge in [-0.1, -0.05) is 48.8 Å². The Balaban J connectivity index is 2.07. The number of fused-ring (bicyclic) bond motifs is 1. The van der Waals surface area contributed by atoms with Crippen molar-refractivity contribution in [3.8, 4) is 22.5 Å². The van der Waals surface area contributed by atoms with Crippen molar-refractivity contribution in [2.75, 3.05) is 0 Å². The standard InChI is InChI=1S/C24H25BrN4/c1-5-12-29-16(4)23(24(28-29)20-8-6-7-11-26-20)19-14-21(15(2)3)27-22-13-17(25)9-10-18(19)22/h6-11,13-15H,5,12H2,1-4H3. The molecule has 1 aromatic carbocycles. The molecule has 4 aromatic rings. The zero-order chi connectivity index (χ0) is 20.5. The lowest BCUT2D eigenvalue weighted by atomic mass is 9.95. The van der Waals surface area contributed by atoms with Crippen LogP contribution >= 0.6 is 15.9 Å². The molecular formula is C24H25BrN4. The molecule has 0 atom stereocenters. The number of hydrogen-bond donors (Lipinski definition) is 0. The van der Waals surface area contributed by atoms with Crippen molar-refractivity contribution in [1.82, 2.24) is 19.7 Å². The first kappa shape index (κ1) is 19.8. The van der Waals surface area contributed by atoms with Gasteiger partial charge in [0.15, 0.2) is 0 Å². The first-order chi connectivity index (χ1) is 14.0. The molecule has 29 heavy (non-hydrogen) atoms. The third-order valence-corrected chi connectivity index (χ3v) is 5.70. The Morgan fingerprint density at radius 3 is 2.62 bits per heavy atom. The predicted octanol–water partition coefficient (Wildman–Crippen LogP) is 6.76. The summed E-state index contributed by atoms with van der Waals surface area (Å²) in [4.78, 5) is 9.53. The van der Waals surface area contributed by atoms with Crippen molar-refractivity contribution in [1.29, 1.82) is 0 Å². The number of nitrogens with zero attached hydrogens (tertiary/aromatic N) is 4. The topological polar surface area (TPSA) is 43.6 Å². The first-order valence-corrected chi connectivity index (χ1v) is 10.9. The molecule has 5 heteroatoms. The fourth-order valence-electron chi connectivity index (χ4n) is 3.70. The molecule has 0 radical (unpaired) electrons. The average Bonchev–Trinajstić information content (AvgIpc) is 3.04. The molecule has 148 valence electrons. The number of benzene rings is 1. The molecule has 0 aliphatic heterocycles. The van der Waals surface area contributed by atoms with Gasteiger partial charge < -0.3 is 0 Å². The Morgan fingerprint density at radius 2 is 1.93 bits per heavy atom. The minimum absolute atomic E-state index is 0.335. The number of aryl methyl sites for hydroxylation is 1. The highest BCUT2D eigenvalue weighted by molar-refractivity contribution is 9.10. The molecule has 0 bridgehead atoms. The molecule has 0 unspecified atom stereocenters. The second-order valence-electron chi connectivity index (χ2n) is 7.66. The van der Waals surface area contributed by atoms with Crippen LogP contribution in [0, 0.1) is 6.92 Å². The summed E-state index contributed by atoms with van der Waals surface area (Å²) in [5.74, 6) is 0.335. The third kappa shape index (κ3) is 3.71. The van der Waals surface area contributed by atoms with Crippen LogP contribution in [0.5, 0.6) is 0 Å². The van der Waals surface area contributed by atoms with Crippen molar-refractivity contribution in [3.05, 3.63) is 64.5 Å². The zero-order valence-electron chi connectivity index (χ0n) is 17.3. The van der Waals surface area contributed by atoms with E-state index in [1.807, 2.05) is 24.4 Å². The molecule has 3 heterocycles. The molecule has 4 nitrogen and oxygen atoms in total. The number of pyridine rings is 2. The molecule has 0 fully saturated rings. The minimum atomic E-state index is 0.335. The Morgan fingerprint density at radius 1 is 1.10 bits per heavy atom. The van der Waals surface area contributed by atoms with Gasteiger partial charge in [-0.15, -0.1) is 0 Å². The summed E-state index contributed by atoms with van der Waals surface area (Å²) in [7, 11) is 0. The molecule has 0 N–H and O–H groups in total. The van der Waals surface area contributed by atoms with Crippen LogP contribution in [0.1, 0.15) is 44.5 Å². The van der Waals surface area contributed by atoms with E-state index in [0.29, 0.717) is 5.92 Å². The molecule has 0 aliphatic rings. The zero-order valence-corrected chi connectivity index (χ0v) is 18.9. The molecule has 4 rings (SSSR count). The SMILES string of the molecule is CCCn1nc(-c2ccccn2)c(-c2cc(C(C)C)nc3cc(Br)ccc23)c1C. The quantitative estimate of drug-likeness (QED) is 0.338. The van der Waals surface area contributed by atoms with Crippen molar-refractivity contribution in [2.45, 2.75) is 46.6 Å². The van der Waals surface area contributed by atoms with Gasteiger partial charge in [-0.05, 0) is 55.2 Å². The van der Waals surface area contributed by atoms with Crippen molar-refractivity contribution in [2.24, 2.45) is 0 Å². The van der Waals surface area contributed by atoms with E-state index in [1.165, 1.54) is 5.56 Å². The highest BCUT2D eigenvalue weighted by Crippen LogP contribution is 2.39. The number of hydrogen-bond acceptors (Lipinski definition) is 3. The summed E-state index contributed by atoms with van der Waals surface area (Å²) >= 11 is 3.60. The van der Waals surface area contributed by atoms with Crippen LogP contribution in [0.3, 0.4) is 0 Å². The third-order valence-electron chi connectivity index (χ3n) is 5.20. The van der Waals surface area contributed by atoms with Gasteiger partial charge in [-0.2, -0.15) is 5.10 Å². The monoisotopic (exact) mass is 448 g/mol. The van der Waals surface area contributed by atoms with Crippen molar-refractivity contribution < 1.29 is 0 Å². The van der Waals surface area contributed by atoms with Gasteiger partial charge in [0.2, 0.25) is 0 Å².